The van der Waals surface area contributed by atoms with E-state index in [2.05, 4.69) is 20.5 Å². The Morgan fingerprint density at radius 3 is 3.08 bits per heavy atom. The Labute approximate surface area is 152 Å². The highest BCUT2D eigenvalue weighted by Crippen LogP contribution is 2.15. The Hall–Kier alpha value is -2.45. The first-order chi connectivity index (χ1) is 12.7. The molecule has 1 atom stereocenters. The van der Waals surface area contributed by atoms with E-state index < -0.39 is 0 Å². The van der Waals surface area contributed by atoms with Crippen molar-refractivity contribution < 1.29 is 13.9 Å². The average Bonchev–Trinajstić information content (AvgIpc) is 3.30. The first kappa shape index (κ1) is 18.3. The van der Waals surface area contributed by atoms with E-state index in [4.69, 9.17) is 4.74 Å². The maximum absolute atomic E-state index is 14.2. The minimum atomic E-state index is -0.354. The second kappa shape index (κ2) is 8.77. The van der Waals surface area contributed by atoms with Gasteiger partial charge in [0, 0.05) is 51.7 Å². The Morgan fingerprint density at radius 1 is 1.46 bits per heavy atom. The van der Waals surface area contributed by atoms with Gasteiger partial charge in [-0.3, -0.25) is 4.90 Å². The van der Waals surface area contributed by atoms with Crippen molar-refractivity contribution in [1.29, 1.82) is 0 Å². The summed E-state index contributed by atoms with van der Waals surface area (Å²) in [5.41, 5.74) is 1.13. The molecule has 0 saturated carbocycles. The van der Waals surface area contributed by atoms with Crippen LogP contribution in [0.25, 0.3) is 5.69 Å². The highest BCUT2D eigenvalue weighted by molar-refractivity contribution is 5.74. The molecular weight excluding hydrogens is 337 g/mol. The lowest BCUT2D eigenvalue weighted by Crippen LogP contribution is -2.43. The number of imidazole rings is 1. The van der Waals surface area contributed by atoms with Crippen molar-refractivity contribution in [3.63, 3.8) is 0 Å². The number of likely N-dealkylation sites (tertiary alicyclic amines) is 1. The van der Waals surface area contributed by atoms with Gasteiger partial charge in [-0.15, -0.1) is 0 Å². The maximum atomic E-state index is 14.2. The Balaban J connectivity index is 1.45. The highest BCUT2D eigenvalue weighted by Gasteiger charge is 2.23. The summed E-state index contributed by atoms with van der Waals surface area (Å²) in [4.78, 5) is 18.2. The Morgan fingerprint density at radius 2 is 2.35 bits per heavy atom. The van der Waals surface area contributed by atoms with Crippen molar-refractivity contribution in [3.05, 3.63) is 48.3 Å². The van der Waals surface area contributed by atoms with E-state index in [1.807, 2.05) is 0 Å². The van der Waals surface area contributed by atoms with Crippen LogP contribution >= 0.6 is 0 Å². The molecule has 0 aliphatic carbocycles. The number of nitrogens with one attached hydrogen (secondary N) is 2. The van der Waals surface area contributed by atoms with Gasteiger partial charge in [0.2, 0.25) is 0 Å². The third kappa shape index (κ3) is 4.80. The number of nitrogens with zero attached hydrogens (tertiary/aromatic N) is 3. The summed E-state index contributed by atoms with van der Waals surface area (Å²) < 4.78 is 20.9. The van der Waals surface area contributed by atoms with E-state index in [1.165, 1.54) is 6.07 Å². The topological polar surface area (TPSA) is 71.4 Å². The summed E-state index contributed by atoms with van der Waals surface area (Å²) in [6.07, 6.45) is 5.74. The number of hydrogen-bond acceptors (Lipinski definition) is 4. The van der Waals surface area contributed by atoms with Gasteiger partial charge >= 0.3 is 6.03 Å². The molecule has 0 radical (unpaired) electrons. The fourth-order valence-corrected chi connectivity index (χ4v) is 3.06. The van der Waals surface area contributed by atoms with Crippen LogP contribution in [0.5, 0.6) is 0 Å². The largest absolute Gasteiger partial charge is 0.383 e. The maximum Gasteiger partial charge on any atom is 0.315 e. The zero-order valence-corrected chi connectivity index (χ0v) is 14.8. The molecule has 1 aromatic carbocycles. The number of aromatic nitrogens is 2. The number of carbonyl (C=O) groups excluding carboxylic acids is 1. The number of rotatable bonds is 7. The second-order valence-electron chi connectivity index (χ2n) is 6.36. The van der Waals surface area contributed by atoms with Crippen molar-refractivity contribution in [3.8, 4) is 5.69 Å². The van der Waals surface area contributed by atoms with Gasteiger partial charge in [0.15, 0.2) is 0 Å². The van der Waals surface area contributed by atoms with Crippen LogP contribution in [0.3, 0.4) is 0 Å². The molecule has 1 aliphatic heterocycles. The first-order valence-corrected chi connectivity index (χ1v) is 8.68. The molecule has 2 aromatic rings. The molecule has 1 unspecified atom stereocenters. The number of carbonyl (C=O) groups is 1. The summed E-state index contributed by atoms with van der Waals surface area (Å²) in [6, 6.07) is 4.80. The zero-order valence-electron chi connectivity index (χ0n) is 14.8. The Kier molecular flexibility index (Phi) is 6.19. The van der Waals surface area contributed by atoms with Gasteiger partial charge in [0.05, 0.1) is 18.6 Å². The number of urea groups is 1. The minimum absolute atomic E-state index is 0.132. The molecule has 1 aromatic heterocycles. The number of methoxy groups -OCH3 is 1. The van der Waals surface area contributed by atoms with Crippen molar-refractivity contribution >= 4 is 6.03 Å². The van der Waals surface area contributed by atoms with Crippen LogP contribution < -0.4 is 10.6 Å². The summed E-state index contributed by atoms with van der Waals surface area (Å²) in [5.74, 6) is -0.354. The van der Waals surface area contributed by atoms with Gasteiger partial charge < -0.3 is 19.9 Å². The van der Waals surface area contributed by atoms with E-state index in [0.29, 0.717) is 17.9 Å². The highest BCUT2D eigenvalue weighted by atomic mass is 19.1. The predicted octanol–water partition coefficient (Wildman–Crippen LogP) is 1.53. The normalized spacial score (nSPS) is 17.4. The number of amides is 2. The molecule has 7 nitrogen and oxygen atoms in total. The lowest BCUT2D eigenvalue weighted by Gasteiger charge is -2.16. The summed E-state index contributed by atoms with van der Waals surface area (Å²) in [5, 5.41) is 5.75. The van der Waals surface area contributed by atoms with E-state index in [0.717, 1.165) is 26.1 Å². The molecule has 2 amide bonds. The predicted molar refractivity (Wildman–Crippen MR) is 95.6 cm³/mol. The molecule has 8 heteroatoms. The van der Waals surface area contributed by atoms with E-state index >= 15 is 0 Å². The van der Waals surface area contributed by atoms with Gasteiger partial charge in [-0.25, -0.2) is 14.2 Å². The monoisotopic (exact) mass is 361 g/mol. The van der Waals surface area contributed by atoms with Crippen LogP contribution in [0.4, 0.5) is 9.18 Å². The number of halogens is 1. The molecule has 140 valence electrons. The third-order valence-corrected chi connectivity index (χ3v) is 4.47. The van der Waals surface area contributed by atoms with Gasteiger partial charge in [0.1, 0.15) is 5.82 Å². The summed E-state index contributed by atoms with van der Waals surface area (Å²) >= 11 is 0. The molecule has 2 heterocycles. The summed E-state index contributed by atoms with van der Waals surface area (Å²) in [7, 11) is 1.68. The standard InChI is InChI=1S/C18H24FN5O2/c1-26-9-8-23-6-4-15(12-23)22-18(25)21-11-14-2-3-17(16(19)10-14)24-7-5-20-13-24/h2-3,5,7,10,13,15H,4,6,8-9,11-12H2,1H3,(H2,21,22,25). The SMILES string of the molecule is COCCN1CCC(NC(=O)NCc2ccc(-n3ccnc3)c(F)c2)C1. The van der Waals surface area contributed by atoms with E-state index in [9.17, 15) is 9.18 Å². The van der Waals surface area contributed by atoms with Crippen LogP contribution in [-0.2, 0) is 11.3 Å². The number of hydrogen-bond donors (Lipinski definition) is 2. The number of benzene rings is 1. The minimum Gasteiger partial charge on any atom is -0.383 e. The van der Waals surface area contributed by atoms with Crippen molar-refractivity contribution in [1.82, 2.24) is 25.1 Å². The molecule has 26 heavy (non-hydrogen) atoms. The van der Waals surface area contributed by atoms with Crippen molar-refractivity contribution in [2.75, 3.05) is 33.4 Å². The molecule has 1 saturated heterocycles. The van der Waals surface area contributed by atoms with Crippen molar-refractivity contribution in [2.45, 2.75) is 19.0 Å². The lowest BCUT2D eigenvalue weighted by atomic mass is 10.2. The zero-order chi connectivity index (χ0) is 18.4. The van der Waals surface area contributed by atoms with Crippen molar-refractivity contribution in [2.24, 2.45) is 0 Å². The van der Waals surface area contributed by atoms with Crippen LogP contribution in [0.15, 0.2) is 36.9 Å². The molecule has 1 aliphatic rings. The van der Waals surface area contributed by atoms with Crippen LogP contribution in [0, 0.1) is 5.82 Å². The second-order valence-corrected chi connectivity index (χ2v) is 6.36. The van der Waals surface area contributed by atoms with E-state index in [1.54, 1.807) is 42.5 Å². The average molecular weight is 361 g/mol. The van der Waals surface area contributed by atoms with E-state index in [-0.39, 0.29) is 24.4 Å². The fourth-order valence-electron chi connectivity index (χ4n) is 3.06. The molecule has 0 bridgehead atoms. The lowest BCUT2D eigenvalue weighted by molar-refractivity contribution is 0.159. The number of ether oxygens (including phenoxy) is 1. The molecule has 2 N–H and O–H groups in total. The first-order valence-electron chi connectivity index (χ1n) is 8.68. The van der Waals surface area contributed by atoms with Crippen LogP contribution in [-0.4, -0.2) is 59.9 Å². The van der Waals surface area contributed by atoms with Crippen LogP contribution in [0.1, 0.15) is 12.0 Å². The van der Waals surface area contributed by atoms with Crippen LogP contribution in [0.2, 0.25) is 0 Å². The van der Waals surface area contributed by atoms with Gasteiger partial charge in [-0.2, -0.15) is 0 Å². The Bertz CT molecular complexity index is 722. The quantitative estimate of drug-likeness (QED) is 0.785. The smallest absolute Gasteiger partial charge is 0.315 e. The third-order valence-electron chi connectivity index (χ3n) is 4.47. The molecular formula is C18H24FN5O2. The molecule has 3 rings (SSSR count). The molecule has 1 fully saturated rings. The van der Waals surface area contributed by atoms with Gasteiger partial charge in [-0.05, 0) is 24.1 Å². The molecule has 0 spiro atoms. The summed E-state index contributed by atoms with van der Waals surface area (Å²) in [6.45, 7) is 3.62. The van der Waals surface area contributed by atoms with Gasteiger partial charge in [-0.1, -0.05) is 6.07 Å². The fraction of sp³-hybridized carbons (Fsp3) is 0.444. The van der Waals surface area contributed by atoms with Gasteiger partial charge in [0.25, 0.3) is 0 Å².